The molecule has 116 valence electrons. The topological polar surface area (TPSA) is 58.4 Å². The molecule has 3 heterocycles. The molecule has 1 spiro atoms. The van der Waals surface area contributed by atoms with Crippen molar-refractivity contribution in [2.24, 2.45) is 5.41 Å². The number of aromatic nitrogens is 1. The van der Waals surface area contributed by atoms with Crippen molar-refractivity contribution < 1.29 is 9.32 Å². The van der Waals surface area contributed by atoms with Crippen LogP contribution in [0.3, 0.4) is 0 Å². The number of carbonyl (C=O) groups excluding carboxylic acids is 1. The summed E-state index contributed by atoms with van der Waals surface area (Å²) in [5, 5.41) is 11.4. The highest BCUT2D eigenvalue weighted by molar-refractivity contribution is 7.07. The molecule has 1 saturated carbocycles. The number of carbonyl (C=O) groups is 1. The SMILES string of the molecule is O=C(c1ccon1)N(Cc1ccsc1)[C@H]1CC12CCNCC2. The molecule has 5 nitrogen and oxygen atoms in total. The number of nitrogens with zero attached hydrogens (tertiary/aromatic N) is 2. The molecule has 0 aromatic carbocycles. The fourth-order valence-corrected chi connectivity index (χ4v) is 4.26. The Hall–Kier alpha value is -1.66. The van der Waals surface area contributed by atoms with E-state index in [1.807, 2.05) is 4.90 Å². The van der Waals surface area contributed by atoms with Gasteiger partial charge in [0.2, 0.25) is 0 Å². The van der Waals surface area contributed by atoms with Gasteiger partial charge < -0.3 is 14.7 Å². The van der Waals surface area contributed by atoms with Crippen molar-refractivity contribution in [2.75, 3.05) is 13.1 Å². The van der Waals surface area contributed by atoms with E-state index in [0.29, 0.717) is 23.7 Å². The van der Waals surface area contributed by atoms with Gasteiger partial charge in [-0.3, -0.25) is 4.79 Å². The minimum Gasteiger partial charge on any atom is -0.364 e. The number of nitrogens with one attached hydrogen (secondary N) is 1. The van der Waals surface area contributed by atoms with E-state index < -0.39 is 0 Å². The van der Waals surface area contributed by atoms with Crippen molar-refractivity contribution in [3.05, 3.63) is 40.4 Å². The van der Waals surface area contributed by atoms with Crippen LogP contribution in [0.5, 0.6) is 0 Å². The van der Waals surface area contributed by atoms with Crippen LogP contribution in [0.25, 0.3) is 0 Å². The van der Waals surface area contributed by atoms with Gasteiger partial charge >= 0.3 is 0 Å². The van der Waals surface area contributed by atoms with E-state index in [9.17, 15) is 4.79 Å². The van der Waals surface area contributed by atoms with Crippen LogP contribution in [-0.2, 0) is 6.54 Å². The van der Waals surface area contributed by atoms with Gasteiger partial charge in [0, 0.05) is 18.7 Å². The van der Waals surface area contributed by atoms with Crippen LogP contribution in [0.2, 0.25) is 0 Å². The summed E-state index contributed by atoms with van der Waals surface area (Å²) in [7, 11) is 0. The third-order valence-electron chi connectivity index (χ3n) is 4.97. The Kier molecular flexibility index (Phi) is 3.50. The van der Waals surface area contributed by atoms with E-state index >= 15 is 0 Å². The molecule has 1 saturated heterocycles. The lowest BCUT2D eigenvalue weighted by Crippen LogP contribution is -2.39. The molecule has 1 aliphatic carbocycles. The van der Waals surface area contributed by atoms with Gasteiger partial charge in [0.25, 0.3) is 5.91 Å². The molecule has 0 bridgehead atoms. The van der Waals surface area contributed by atoms with Gasteiger partial charge in [-0.05, 0) is 60.2 Å². The molecule has 2 aliphatic rings. The summed E-state index contributed by atoms with van der Waals surface area (Å²) in [6.07, 6.45) is 4.89. The fourth-order valence-electron chi connectivity index (χ4n) is 3.60. The molecule has 0 radical (unpaired) electrons. The van der Waals surface area contributed by atoms with Gasteiger partial charge in [0.1, 0.15) is 6.26 Å². The predicted octanol–water partition coefficient (Wildman–Crippen LogP) is 2.52. The van der Waals surface area contributed by atoms with Crippen LogP contribution < -0.4 is 5.32 Å². The highest BCUT2D eigenvalue weighted by Gasteiger charge is 2.57. The van der Waals surface area contributed by atoms with Gasteiger partial charge in [-0.25, -0.2) is 0 Å². The molecule has 2 aromatic heterocycles. The zero-order valence-corrected chi connectivity index (χ0v) is 13.1. The summed E-state index contributed by atoms with van der Waals surface area (Å²) in [6, 6.07) is 4.07. The molecule has 1 aliphatic heterocycles. The molecule has 1 amide bonds. The largest absolute Gasteiger partial charge is 0.364 e. The van der Waals surface area contributed by atoms with E-state index in [1.54, 1.807) is 17.4 Å². The summed E-state index contributed by atoms with van der Waals surface area (Å²) >= 11 is 1.67. The quantitative estimate of drug-likeness (QED) is 0.941. The summed E-state index contributed by atoms with van der Waals surface area (Å²) in [6.45, 7) is 2.77. The van der Waals surface area contributed by atoms with Crippen molar-refractivity contribution in [2.45, 2.75) is 31.8 Å². The second-order valence-electron chi connectivity index (χ2n) is 6.28. The predicted molar refractivity (Wildman–Crippen MR) is 83.6 cm³/mol. The van der Waals surface area contributed by atoms with Crippen LogP contribution in [0.1, 0.15) is 35.3 Å². The molecule has 2 aromatic rings. The second kappa shape index (κ2) is 5.52. The maximum absolute atomic E-state index is 12.8. The normalized spacial score (nSPS) is 22.6. The van der Waals surface area contributed by atoms with Crippen LogP contribution in [0, 0.1) is 5.41 Å². The van der Waals surface area contributed by atoms with Gasteiger partial charge in [-0.1, -0.05) is 5.16 Å². The number of piperidine rings is 1. The summed E-state index contributed by atoms with van der Waals surface area (Å²) in [4.78, 5) is 14.8. The van der Waals surface area contributed by atoms with Crippen LogP contribution in [-0.4, -0.2) is 35.1 Å². The Morgan fingerprint density at radius 3 is 3.00 bits per heavy atom. The molecule has 22 heavy (non-hydrogen) atoms. The summed E-state index contributed by atoms with van der Waals surface area (Å²) in [5.41, 5.74) is 1.92. The monoisotopic (exact) mass is 317 g/mol. The van der Waals surface area contributed by atoms with Crippen LogP contribution in [0.15, 0.2) is 33.7 Å². The number of hydrogen-bond donors (Lipinski definition) is 1. The van der Waals surface area contributed by atoms with Gasteiger partial charge in [0.05, 0.1) is 0 Å². The first-order valence-corrected chi connectivity index (χ1v) is 8.66. The van der Waals surface area contributed by atoms with E-state index in [4.69, 9.17) is 4.52 Å². The molecule has 4 rings (SSSR count). The van der Waals surface area contributed by atoms with Crippen molar-refractivity contribution in [1.29, 1.82) is 0 Å². The Bertz CT molecular complexity index is 632. The molecular formula is C16H19N3O2S. The molecule has 2 fully saturated rings. The lowest BCUT2D eigenvalue weighted by molar-refractivity contribution is 0.0682. The van der Waals surface area contributed by atoms with E-state index in [2.05, 4.69) is 27.3 Å². The number of rotatable bonds is 4. The number of amides is 1. The first-order valence-electron chi connectivity index (χ1n) is 7.72. The van der Waals surface area contributed by atoms with Gasteiger partial charge in [0.15, 0.2) is 5.69 Å². The van der Waals surface area contributed by atoms with Crippen molar-refractivity contribution in [1.82, 2.24) is 15.4 Å². The lowest BCUT2D eigenvalue weighted by Gasteiger charge is -2.29. The van der Waals surface area contributed by atoms with Crippen molar-refractivity contribution >= 4 is 17.2 Å². The zero-order valence-electron chi connectivity index (χ0n) is 12.3. The summed E-state index contributed by atoms with van der Waals surface area (Å²) < 4.78 is 4.85. The van der Waals surface area contributed by atoms with Crippen molar-refractivity contribution in [3.8, 4) is 0 Å². The molecule has 0 unspecified atom stereocenters. The van der Waals surface area contributed by atoms with E-state index in [-0.39, 0.29) is 5.91 Å². The minimum atomic E-state index is -0.0136. The minimum absolute atomic E-state index is 0.0136. The Balaban J connectivity index is 1.57. The van der Waals surface area contributed by atoms with E-state index in [0.717, 1.165) is 32.4 Å². The highest BCUT2D eigenvalue weighted by Crippen LogP contribution is 2.56. The maximum Gasteiger partial charge on any atom is 0.276 e. The lowest BCUT2D eigenvalue weighted by atomic mass is 9.93. The fraction of sp³-hybridized carbons (Fsp3) is 0.500. The molecule has 1 atom stereocenters. The Labute approximate surface area is 133 Å². The van der Waals surface area contributed by atoms with Crippen LogP contribution in [0.4, 0.5) is 0 Å². The van der Waals surface area contributed by atoms with Gasteiger partial charge in [-0.2, -0.15) is 11.3 Å². The summed E-state index contributed by atoms with van der Waals surface area (Å²) in [5.74, 6) is -0.0136. The van der Waals surface area contributed by atoms with E-state index in [1.165, 1.54) is 11.8 Å². The third kappa shape index (κ3) is 2.46. The first-order chi connectivity index (χ1) is 10.8. The highest BCUT2D eigenvalue weighted by atomic mass is 32.1. The average Bonchev–Trinajstić information content (AvgIpc) is 3.02. The third-order valence-corrected chi connectivity index (χ3v) is 5.71. The van der Waals surface area contributed by atoms with Gasteiger partial charge in [-0.15, -0.1) is 0 Å². The Morgan fingerprint density at radius 1 is 1.45 bits per heavy atom. The smallest absolute Gasteiger partial charge is 0.276 e. The number of hydrogen-bond acceptors (Lipinski definition) is 5. The maximum atomic E-state index is 12.8. The standard InChI is InChI=1S/C16H19N3O2S/c20-15(13-1-7-21-18-13)19(10-12-2-8-22-11-12)14-9-16(14)3-5-17-6-4-16/h1-2,7-8,11,14,17H,3-6,9-10H2/t14-/m0/s1. The molecular weight excluding hydrogens is 298 g/mol. The van der Waals surface area contributed by atoms with Crippen molar-refractivity contribution in [3.63, 3.8) is 0 Å². The second-order valence-corrected chi connectivity index (χ2v) is 7.06. The van der Waals surface area contributed by atoms with Crippen LogP contribution >= 0.6 is 11.3 Å². The first kappa shape index (κ1) is 14.0. The molecule has 6 heteroatoms. The molecule has 1 N–H and O–H groups in total. The Morgan fingerprint density at radius 2 is 2.32 bits per heavy atom. The average molecular weight is 317 g/mol. The zero-order chi connectivity index (χ0) is 15.0. The number of thiophene rings is 1.